The lowest BCUT2D eigenvalue weighted by molar-refractivity contribution is 0.0946. The minimum atomic E-state index is -0.250. The van der Waals surface area contributed by atoms with Gasteiger partial charge in [-0.3, -0.25) is 14.2 Å². The number of phenols is 1. The van der Waals surface area contributed by atoms with Gasteiger partial charge in [-0.15, -0.1) is 0 Å². The number of aromatic hydroxyl groups is 1. The number of fused-ring (bicyclic) bond motifs is 1. The molecule has 0 spiro atoms. The molecule has 0 fully saturated rings. The first-order valence-corrected chi connectivity index (χ1v) is 8.48. The van der Waals surface area contributed by atoms with E-state index in [9.17, 15) is 14.7 Å². The number of hydrogen-bond acceptors (Lipinski definition) is 3. The molecule has 3 N–H and O–H groups in total. The number of phenolic OH excluding ortho intramolecular Hbond substituents is 1. The number of nitrogens with one attached hydrogen (secondary N) is 2. The Balaban J connectivity index is 1.68. The van der Waals surface area contributed by atoms with E-state index in [1.165, 1.54) is 22.8 Å². The summed E-state index contributed by atoms with van der Waals surface area (Å²) in [6.45, 7) is 0.416. The number of aromatic amines is 1. The van der Waals surface area contributed by atoms with Gasteiger partial charge < -0.3 is 15.4 Å². The average Bonchev–Trinajstić information content (AvgIpc) is 3.12. The molecule has 2 aromatic carbocycles. The predicted molar refractivity (Wildman–Crippen MR) is 103 cm³/mol. The van der Waals surface area contributed by atoms with Gasteiger partial charge in [-0.2, -0.15) is 0 Å². The number of pyridine rings is 1. The molecule has 27 heavy (non-hydrogen) atoms. The normalized spacial score (nSPS) is 10.8. The summed E-state index contributed by atoms with van der Waals surface area (Å²) in [6.07, 6.45) is 0. The van der Waals surface area contributed by atoms with Crippen molar-refractivity contribution in [3.63, 3.8) is 0 Å². The highest BCUT2D eigenvalue weighted by Gasteiger charge is 2.13. The maximum atomic E-state index is 12.5. The Morgan fingerprint density at radius 1 is 1.00 bits per heavy atom. The van der Waals surface area contributed by atoms with E-state index in [1.807, 2.05) is 30.3 Å². The number of carbonyl (C=O) groups excluding carboxylic acids is 1. The largest absolute Gasteiger partial charge is 0.508 e. The number of H-pyrrole nitrogens is 1. The van der Waals surface area contributed by atoms with E-state index >= 15 is 0 Å². The number of rotatable bonds is 4. The van der Waals surface area contributed by atoms with Gasteiger partial charge in [0.2, 0.25) is 0 Å². The molecule has 0 radical (unpaired) electrons. The standard InChI is InChI=1S/C21H17N3O3/c25-17-9-7-16(8-10-17)24-19(26)11-6-15-12-18(23-20(15)24)21(27)22-13-14-4-2-1-3-5-14/h1-12,23,25H,13H2,(H,22,27). The number of carbonyl (C=O) groups is 1. The molecular formula is C21H17N3O3. The molecule has 4 rings (SSSR count). The van der Waals surface area contributed by atoms with Gasteiger partial charge in [-0.25, -0.2) is 0 Å². The number of amides is 1. The molecule has 0 bridgehead atoms. The SMILES string of the molecule is O=C(NCc1ccccc1)c1cc2ccc(=O)n(-c3ccc(O)cc3)c2[nH]1. The number of hydrogen-bond donors (Lipinski definition) is 3. The summed E-state index contributed by atoms with van der Waals surface area (Å²) in [6, 6.07) is 20.8. The van der Waals surface area contributed by atoms with Crippen molar-refractivity contribution in [1.29, 1.82) is 0 Å². The van der Waals surface area contributed by atoms with Gasteiger partial charge in [-0.05, 0) is 42.0 Å². The van der Waals surface area contributed by atoms with Crippen molar-refractivity contribution < 1.29 is 9.90 Å². The van der Waals surface area contributed by atoms with Crippen LogP contribution in [0.25, 0.3) is 16.7 Å². The molecule has 0 atom stereocenters. The van der Waals surface area contributed by atoms with E-state index in [-0.39, 0.29) is 17.2 Å². The highest BCUT2D eigenvalue weighted by molar-refractivity contribution is 5.97. The summed E-state index contributed by atoms with van der Waals surface area (Å²) in [5.41, 5.74) is 2.27. The minimum Gasteiger partial charge on any atom is -0.508 e. The van der Waals surface area contributed by atoms with E-state index in [2.05, 4.69) is 10.3 Å². The molecule has 0 saturated heterocycles. The Kier molecular flexibility index (Phi) is 4.22. The third kappa shape index (κ3) is 3.32. The van der Waals surface area contributed by atoms with Crippen molar-refractivity contribution >= 4 is 16.9 Å². The van der Waals surface area contributed by atoms with Gasteiger partial charge in [0.15, 0.2) is 0 Å². The van der Waals surface area contributed by atoms with Crippen molar-refractivity contribution in [2.24, 2.45) is 0 Å². The monoisotopic (exact) mass is 359 g/mol. The zero-order valence-electron chi connectivity index (χ0n) is 14.3. The molecule has 0 saturated carbocycles. The van der Waals surface area contributed by atoms with Gasteiger partial charge in [0.05, 0.1) is 5.69 Å². The quantitative estimate of drug-likeness (QED) is 0.523. The van der Waals surface area contributed by atoms with Crippen LogP contribution in [0, 0.1) is 0 Å². The van der Waals surface area contributed by atoms with Crippen LogP contribution in [0.3, 0.4) is 0 Å². The lowest BCUT2D eigenvalue weighted by Gasteiger charge is -2.07. The summed E-state index contributed by atoms with van der Waals surface area (Å²) < 4.78 is 1.47. The molecule has 4 aromatic rings. The van der Waals surface area contributed by atoms with Crippen LogP contribution in [-0.2, 0) is 6.54 Å². The lowest BCUT2D eigenvalue weighted by Crippen LogP contribution is -2.23. The molecule has 0 aliphatic rings. The molecule has 0 aliphatic carbocycles. The Labute approximate surface area is 154 Å². The summed E-state index contributed by atoms with van der Waals surface area (Å²) in [4.78, 5) is 27.9. The van der Waals surface area contributed by atoms with Crippen LogP contribution in [0.1, 0.15) is 16.1 Å². The topological polar surface area (TPSA) is 87.1 Å². The Morgan fingerprint density at radius 3 is 2.48 bits per heavy atom. The molecule has 2 aromatic heterocycles. The molecule has 0 aliphatic heterocycles. The molecular weight excluding hydrogens is 342 g/mol. The first-order chi connectivity index (χ1) is 13.1. The van der Waals surface area contributed by atoms with Gasteiger partial charge in [0.1, 0.15) is 17.1 Å². The van der Waals surface area contributed by atoms with Crippen LogP contribution in [-0.4, -0.2) is 20.6 Å². The van der Waals surface area contributed by atoms with Crippen molar-refractivity contribution in [2.75, 3.05) is 0 Å². The second kappa shape index (κ2) is 6.84. The Bertz CT molecular complexity index is 1160. The minimum absolute atomic E-state index is 0.117. The summed E-state index contributed by atoms with van der Waals surface area (Å²) in [5.74, 6) is -0.133. The predicted octanol–water partition coefficient (Wildman–Crippen LogP) is 2.95. The van der Waals surface area contributed by atoms with Crippen LogP contribution in [0.5, 0.6) is 5.75 Å². The van der Waals surface area contributed by atoms with Gasteiger partial charge in [-0.1, -0.05) is 30.3 Å². The van der Waals surface area contributed by atoms with E-state index in [0.29, 0.717) is 23.6 Å². The molecule has 6 nitrogen and oxygen atoms in total. The first-order valence-electron chi connectivity index (χ1n) is 8.48. The molecule has 134 valence electrons. The number of nitrogens with zero attached hydrogens (tertiary/aromatic N) is 1. The maximum Gasteiger partial charge on any atom is 0.268 e. The third-order valence-corrected chi connectivity index (χ3v) is 4.32. The zero-order chi connectivity index (χ0) is 18.8. The van der Waals surface area contributed by atoms with Crippen molar-refractivity contribution in [3.8, 4) is 11.4 Å². The van der Waals surface area contributed by atoms with Crippen LogP contribution >= 0.6 is 0 Å². The van der Waals surface area contributed by atoms with Crippen molar-refractivity contribution in [3.05, 3.63) is 94.4 Å². The smallest absolute Gasteiger partial charge is 0.268 e. The third-order valence-electron chi connectivity index (χ3n) is 4.32. The number of benzene rings is 2. The van der Waals surface area contributed by atoms with Crippen LogP contribution in [0.2, 0.25) is 0 Å². The van der Waals surface area contributed by atoms with E-state index in [1.54, 1.807) is 24.3 Å². The summed E-state index contributed by atoms with van der Waals surface area (Å²) in [5, 5.41) is 13.1. The molecule has 6 heteroatoms. The Hall–Kier alpha value is -3.80. The van der Waals surface area contributed by atoms with Crippen LogP contribution in [0.15, 0.2) is 77.6 Å². The molecule has 1 amide bonds. The van der Waals surface area contributed by atoms with Gasteiger partial charge in [0, 0.05) is 18.0 Å². The fraction of sp³-hybridized carbons (Fsp3) is 0.0476. The number of aromatic nitrogens is 2. The lowest BCUT2D eigenvalue weighted by atomic mass is 10.2. The fourth-order valence-electron chi connectivity index (χ4n) is 2.97. The highest BCUT2D eigenvalue weighted by atomic mass is 16.3. The highest BCUT2D eigenvalue weighted by Crippen LogP contribution is 2.19. The maximum absolute atomic E-state index is 12.5. The second-order valence-corrected chi connectivity index (χ2v) is 6.18. The van der Waals surface area contributed by atoms with Crippen molar-refractivity contribution in [2.45, 2.75) is 6.54 Å². The second-order valence-electron chi connectivity index (χ2n) is 6.18. The summed E-state index contributed by atoms with van der Waals surface area (Å²) in [7, 11) is 0. The molecule has 0 unspecified atom stereocenters. The summed E-state index contributed by atoms with van der Waals surface area (Å²) >= 11 is 0. The van der Waals surface area contributed by atoms with Gasteiger partial charge >= 0.3 is 0 Å². The fourth-order valence-corrected chi connectivity index (χ4v) is 2.97. The van der Waals surface area contributed by atoms with Gasteiger partial charge in [0.25, 0.3) is 11.5 Å². The van der Waals surface area contributed by atoms with E-state index in [0.717, 1.165) is 10.9 Å². The van der Waals surface area contributed by atoms with E-state index < -0.39 is 0 Å². The van der Waals surface area contributed by atoms with Crippen molar-refractivity contribution in [1.82, 2.24) is 14.9 Å². The van der Waals surface area contributed by atoms with E-state index in [4.69, 9.17) is 0 Å². The van der Waals surface area contributed by atoms with Crippen LogP contribution in [0.4, 0.5) is 0 Å². The first kappa shape index (κ1) is 16.7. The zero-order valence-corrected chi connectivity index (χ0v) is 14.3. The average molecular weight is 359 g/mol. The Morgan fingerprint density at radius 2 is 1.74 bits per heavy atom. The van der Waals surface area contributed by atoms with Crippen LogP contribution < -0.4 is 10.9 Å². The molecule has 2 heterocycles.